The quantitative estimate of drug-likeness (QED) is 0.456. The fourth-order valence-corrected chi connectivity index (χ4v) is 3.51. The van der Waals surface area contributed by atoms with Crippen molar-refractivity contribution in [3.05, 3.63) is 53.5 Å². The first-order valence-electron chi connectivity index (χ1n) is 10.2. The number of methoxy groups -OCH3 is 1. The van der Waals surface area contributed by atoms with E-state index in [1.165, 1.54) is 0 Å². The number of fused-ring (bicyclic) bond motifs is 1. The molecule has 0 fully saturated rings. The van der Waals surface area contributed by atoms with Crippen molar-refractivity contribution < 1.29 is 14.3 Å². The van der Waals surface area contributed by atoms with E-state index in [-0.39, 0.29) is 5.97 Å². The van der Waals surface area contributed by atoms with Crippen LogP contribution in [0.2, 0.25) is 0 Å². The van der Waals surface area contributed by atoms with Gasteiger partial charge in [-0.1, -0.05) is 11.6 Å². The smallest absolute Gasteiger partial charge is 0.338 e. The van der Waals surface area contributed by atoms with Gasteiger partial charge in [-0.25, -0.2) is 14.8 Å². The van der Waals surface area contributed by atoms with Crippen molar-refractivity contribution >= 4 is 45.5 Å². The number of likely N-dealkylation sites (N-methyl/N-ethyl adjacent to an activating group) is 1. The third-order valence-corrected chi connectivity index (χ3v) is 5.15. The molecule has 0 bridgehead atoms. The zero-order valence-electron chi connectivity index (χ0n) is 18.3. The molecule has 0 saturated carbocycles. The summed E-state index contributed by atoms with van der Waals surface area (Å²) >= 11 is 6.65. The van der Waals surface area contributed by atoms with Gasteiger partial charge in [0.05, 0.1) is 34.8 Å². The number of imidazole rings is 1. The van der Waals surface area contributed by atoms with Crippen molar-refractivity contribution in [2.24, 2.45) is 0 Å². The molecule has 1 aromatic carbocycles. The highest BCUT2D eigenvalue weighted by atomic mass is 35.5. The molecule has 0 N–H and O–H groups in total. The molecule has 0 spiro atoms. The Hall–Kier alpha value is -2.90. The van der Waals surface area contributed by atoms with Crippen molar-refractivity contribution in [3.8, 4) is 0 Å². The second-order valence-corrected chi connectivity index (χ2v) is 7.37. The van der Waals surface area contributed by atoms with Gasteiger partial charge >= 0.3 is 5.97 Å². The number of benzene rings is 1. The normalized spacial score (nSPS) is 11.7. The van der Waals surface area contributed by atoms with Gasteiger partial charge in [-0.3, -0.25) is 0 Å². The summed E-state index contributed by atoms with van der Waals surface area (Å²) in [6.07, 6.45) is 3.62. The van der Waals surface area contributed by atoms with Gasteiger partial charge in [0.2, 0.25) is 0 Å². The molecule has 164 valence electrons. The lowest BCUT2D eigenvalue weighted by atomic mass is 10.2. The van der Waals surface area contributed by atoms with Crippen molar-refractivity contribution in [1.29, 1.82) is 0 Å². The highest BCUT2D eigenvalue weighted by molar-refractivity contribution is 6.50. The maximum atomic E-state index is 12.0. The van der Waals surface area contributed by atoms with Crippen LogP contribution in [0.15, 0.2) is 36.5 Å². The van der Waals surface area contributed by atoms with Crippen molar-refractivity contribution in [2.75, 3.05) is 38.8 Å². The molecular formula is C23H27ClN4O3. The van der Waals surface area contributed by atoms with E-state index in [1.54, 1.807) is 32.4 Å². The van der Waals surface area contributed by atoms with Crippen LogP contribution in [-0.4, -0.2) is 54.4 Å². The summed E-state index contributed by atoms with van der Waals surface area (Å²) in [4.78, 5) is 23.2. The summed E-state index contributed by atoms with van der Waals surface area (Å²) in [5.41, 5.74) is 2.95. The lowest BCUT2D eigenvalue weighted by Gasteiger charge is -2.17. The Balaban J connectivity index is 1.89. The Morgan fingerprint density at radius 1 is 1.26 bits per heavy atom. The highest BCUT2D eigenvalue weighted by Crippen LogP contribution is 2.27. The Morgan fingerprint density at radius 3 is 2.71 bits per heavy atom. The average Bonchev–Trinajstić information content (AvgIpc) is 3.16. The predicted molar refractivity (Wildman–Crippen MR) is 124 cm³/mol. The molecular weight excluding hydrogens is 416 g/mol. The van der Waals surface area contributed by atoms with E-state index < -0.39 is 0 Å². The zero-order chi connectivity index (χ0) is 22.4. The van der Waals surface area contributed by atoms with Crippen LogP contribution in [0.4, 0.5) is 5.82 Å². The highest BCUT2D eigenvalue weighted by Gasteiger charge is 2.15. The summed E-state index contributed by atoms with van der Waals surface area (Å²) in [6.45, 7) is 6.22. The SMILES string of the molecule is CCOC(=O)c1ccc2c(c1)nc(/C(Cl)=C/c1ccc(N(C)CCOC)nc1)n2CC. The third-order valence-electron chi connectivity index (χ3n) is 4.88. The van der Waals surface area contributed by atoms with Gasteiger partial charge < -0.3 is 18.9 Å². The van der Waals surface area contributed by atoms with E-state index in [4.69, 9.17) is 21.1 Å². The van der Waals surface area contributed by atoms with E-state index in [0.717, 1.165) is 23.4 Å². The first kappa shape index (κ1) is 22.8. The van der Waals surface area contributed by atoms with Crippen molar-refractivity contribution in [1.82, 2.24) is 14.5 Å². The molecule has 0 aliphatic rings. The fourth-order valence-electron chi connectivity index (χ4n) is 3.24. The number of aromatic nitrogens is 3. The third kappa shape index (κ3) is 5.24. The molecule has 0 amide bonds. The van der Waals surface area contributed by atoms with Crippen LogP contribution in [0, 0.1) is 0 Å². The molecule has 2 heterocycles. The summed E-state index contributed by atoms with van der Waals surface area (Å²) < 4.78 is 12.2. The number of nitrogens with zero attached hydrogens (tertiary/aromatic N) is 4. The summed E-state index contributed by atoms with van der Waals surface area (Å²) in [5.74, 6) is 1.14. The zero-order valence-corrected chi connectivity index (χ0v) is 19.0. The van der Waals surface area contributed by atoms with Crippen molar-refractivity contribution in [2.45, 2.75) is 20.4 Å². The molecule has 0 atom stereocenters. The summed E-state index contributed by atoms with van der Waals surface area (Å²) in [7, 11) is 3.65. The van der Waals surface area contributed by atoms with Gasteiger partial charge in [-0.2, -0.15) is 0 Å². The predicted octanol–water partition coefficient (Wildman–Crippen LogP) is 4.45. The Kier molecular flexibility index (Phi) is 7.65. The van der Waals surface area contributed by atoms with Crippen LogP contribution in [0.25, 0.3) is 22.1 Å². The van der Waals surface area contributed by atoms with Gasteiger partial charge in [0.1, 0.15) is 5.82 Å². The van der Waals surface area contributed by atoms with E-state index in [2.05, 4.69) is 9.97 Å². The molecule has 31 heavy (non-hydrogen) atoms. The van der Waals surface area contributed by atoms with E-state index in [9.17, 15) is 4.79 Å². The maximum absolute atomic E-state index is 12.0. The second-order valence-electron chi connectivity index (χ2n) is 6.96. The van der Waals surface area contributed by atoms with Crippen LogP contribution in [0.3, 0.4) is 0 Å². The molecule has 7 nitrogen and oxygen atoms in total. The van der Waals surface area contributed by atoms with Gasteiger partial charge in [0, 0.05) is 33.4 Å². The topological polar surface area (TPSA) is 69.5 Å². The van der Waals surface area contributed by atoms with E-state index in [1.807, 2.05) is 47.7 Å². The molecule has 2 aromatic heterocycles. The standard InChI is InChI=1S/C23H27ClN4O3/c1-5-28-20-9-8-17(23(29)31-6-2)14-19(20)26-22(28)18(24)13-16-7-10-21(25-15-16)27(3)11-12-30-4/h7-10,13-15H,5-6,11-12H2,1-4H3/b18-13-. The van der Waals surface area contributed by atoms with Gasteiger partial charge in [0.15, 0.2) is 5.82 Å². The van der Waals surface area contributed by atoms with Gasteiger partial charge in [-0.05, 0) is 55.8 Å². The first-order valence-corrected chi connectivity index (χ1v) is 10.6. The molecule has 8 heteroatoms. The van der Waals surface area contributed by atoms with Crippen LogP contribution in [0.1, 0.15) is 35.6 Å². The van der Waals surface area contributed by atoms with Crippen LogP contribution >= 0.6 is 11.6 Å². The fraction of sp³-hybridized carbons (Fsp3) is 0.348. The first-order chi connectivity index (χ1) is 15.0. The molecule has 3 aromatic rings. The number of carbonyl (C=O) groups is 1. The molecule has 0 aliphatic carbocycles. The maximum Gasteiger partial charge on any atom is 0.338 e. The Morgan fingerprint density at radius 2 is 2.06 bits per heavy atom. The average molecular weight is 443 g/mol. The minimum absolute atomic E-state index is 0.328. The Labute approximate surface area is 187 Å². The van der Waals surface area contributed by atoms with Gasteiger partial charge in [0.25, 0.3) is 0 Å². The minimum atomic E-state index is -0.361. The van der Waals surface area contributed by atoms with Crippen LogP contribution in [-0.2, 0) is 16.0 Å². The number of halogens is 1. The number of pyridine rings is 1. The Bertz CT molecular complexity index is 1080. The number of esters is 1. The summed E-state index contributed by atoms with van der Waals surface area (Å²) in [6, 6.07) is 9.27. The number of hydrogen-bond acceptors (Lipinski definition) is 6. The van der Waals surface area contributed by atoms with Crippen molar-refractivity contribution in [3.63, 3.8) is 0 Å². The van der Waals surface area contributed by atoms with E-state index >= 15 is 0 Å². The monoisotopic (exact) mass is 442 g/mol. The molecule has 3 rings (SSSR count). The number of aryl methyl sites for hydroxylation is 1. The number of carbonyl (C=O) groups excluding carboxylic acids is 1. The number of rotatable bonds is 9. The lowest BCUT2D eigenvalue weighted by molar-refractivity contribution is 0.0526. The van der Waals surface area contributed by atoms with E-state index in [0.29, 0.717) is 41.7 Å². The molecule has 0 radical (unpaired) electrons. The van der Waals surface area contributed by atoms with Gasteiger partial charge in [-0.15, -0.1) is 0 Å². The lowest BCUT2D eigenvalue weighted by Crippen LogP contribution is -2.22. The molecule has 0 unspecified atom stereocenters. The molecule has 0 saturated heterocycles. The number of anilines is 1. The largest absolute Gasteiger partial charge is 0.462 e. The van der Waals surface area contributed by atoms with Crippen LogP contribution < -0.4 is 4.90 Å². The minimum Gasteiger partial charge on any atom is -0.462 e. The van der Waals surface area contributed by atoms with Crippen LogP contribution in [0.5, 0.6) is 0 Å². The molecule has 0 aliphatic heterocycles. The number of hydrogen-bond donors (Lipinski definition) is 0. The number of ether oxygens (including phenoxy) is 2. The second kappa shape index (κ2) is 10.4. The summed E-state index contributed by atoms with van der Waals surface area (Å²) in [5, 5.41) is 0.498.